The first kappa shape index (κ1) is 19.0. The molecule has 3 aromatic carbocycles. The molecule has 0 heterocycles. The minimum Gasteiger partial charge on any atom is -0.453 e. The number of nitrogens with one attached hydrogen (secondary N) is 2. The number of carbonyl (C=O) groups is 2. The summed E-state index contributed by atoms with van der Waals surface area (Å²) in [6.07, 6.45) is -0.991. The molecule has 0 unspecified atom stereocenters. The highest BCUT2D eigenvalue weighted by Gasteiger charge is 2.04. The topological polar surface area (TPSA) is 76.7 Å². The first-order chi connectivity index (χ1) is 13.6. The summed E-state index contributed by atoms with van der Waals surface area (Å²) in [6.45, 7) is 0. The molecule has 2 amide bonds. The van der Waals surface area contributed by atoms with Crippen LogP contribution in [0.3, 0.4) is 0 Å². The maximum Gasteiger partial charge on any atom is 0.411 e. The van der Waals surface area contributed by atoms with E-state index in [0.717, 1.165) is 22.3 Å². The van der Waals surface area contributed by atoms with E-state index in [4.69, 9.17) is 0 Å². The van der Waals surface area contributed by atoms with Crippen molar-refractivity contribution in [3.05, 3.63) is 72.8 Å². The Morgan fingerprint density at radius 2 is 0.786 bits per heavy atom. The van der Waals surface area contributed by atoms with E-state index >= 15 is 0 Å². The van der Waals surface area contributed by atoms with Crippen molar-refractivity contribution < 1.29 is 19.1 Å². The van der Waals surface area contributed by atoms with Gasteiger partial charge in [0.05, 0.1) is 14.2 Å². The summed E-state index contributed by atoms with van der Waals surface area (Å²) < 4.78 is 9.16. The number of hydrogen-bond acceptors (Lipinski definition) is 4. The van der Waals surface area contributed by atoms with Gasteiger partial charge >= 0.3 is 12.2 Å². The van der Waals surface area contributed by atoms with Gasteiger partial charge in [0, 0.05) is 11.4 Å². The SMILES string of the molecule is COC(=O)Nc1ccc(-c2ccc(-c3ccc(NC(=O)OC)cc3)cc2)cc1. The van der Waals surface area contributed by atoms with Crippen molar-refractivity contribution in [1.29, 1.82) is 0 Å². The second-order valence-corrected chi connectivity index (χ2v) is 5.97. The minimum atomic E-state index is -0.495. The van der Waals surface area contributed by atoms with Crippen LogP contribution in [-0.4, -0.2) is 26.4 Å². The molecular formula is C22H20N2O4. The Labute approximate surface area is 163 Å². The number of anilines is 2. The van der Waals surface area contributed by atoms with Crippen LogP contribution in [0, 0.1) is 0 Å². The van der Waals surface area contributed by atoms with Crippen molar-refractivity contribution in [3.63, 3.8) is 0 Å². The van der Waals surface area contributed by atoms with Gasteiger partial charge in [-0.3, -0.25) is 10.6 Å². The molecule has 6 heteroatoms. The Morgan fingerprint density at radius 1 is 0.536 bits per heavy atom. The Bertz CT molecular complexity index is 869. The van der Waals surface area contributed by atoms with Crippen LogP contribution in [0.1, 0.15) is 0 Å². The van der Waals surface area contributed by atoms with E-state index in [1.54, 1.807) is 0 Å². The van der Waals surface area contributed by atoms with Gasteiger partial charge in [-0.1, -0.05) is 48.5 Å². The first-order valence-corrected chi connectivity index (χ1v) is 8.60. The molecule has 6 nitrogen and oxygen atoms in total. The van der Waals surface area contributed by atoms with Crippen molar-refractivity contribution in [2.75, 3.05) is 24.9 Å². The first-order valence-electron chi connectivity index (χ1n) is 8.60. The van der Waals surface area contributed by atoms with Crippen LogP contribution in [0.15, 0.2) is 72.8 Å². The summed E-state index contributed by atoms with van der Waals surface area (Å²) in [7, 11) is 2.66. The van der Waals surface area contributed by atoms with Crippen LogP contribution in [0.4, 0.5) is 21.0 Å². The predicted octanol–water partition coefficient (Wildman–Crippen LogP) is 5.38. The fourth-order valence-corrected chi connectivity index (χ4v) is 2.68. The zero-order valence-corrected chi connectivity index (χ0v) is 15.6. The quantitative estimate of drug-likeness (QED) is 0.641. The standard InChI is InChI=1S/C22H20N2O4/c1-27-21(25)23-19-11-7-17(8-12-19)15-3-5-16(6-4-15)18-9-13-20(14-10-18)24-22(26)28-2/h3-14H,1-2H3,(H,23,25)(H,24,26). The van der Waals surface area contributed by atoms with Gasteiger partial charge in [-0.25, -0.2) is 9.59 Å². The number of rotatable bonds is 4. The monoisotopic (exact) mass is 376 g/mol. The van der Waals surface area contributed by atoms with E-state index in [1.807, 2.05) is 72.8 Å². The van der Waals surface area contributed by atoms with Crippen LogP contribution in [0.5, 0.6) is 0 Å². The fourth-order valence-electron chi connectivity index (χ4n) is 2.68. The number of ether oxygens (including phenoxy) is 2. The number of amides is 2. The van der Waals surface area contributed by atoms with Crippen molar-refractivity contribution in [1.82, 2.24) is 0 Å². The van der Waals surface area contributed by atoms with Gasteiger partial charge in [0.25, 0.3) is 0 Å². The summed E-state index contributed by atoms with van der Waals surface area (Å²) in [4.78, 5) is 22.5. The predicted molar refractivity (Wildman–Crippen MR) is 109 cm³/mol. The van der Waals surface area contributed by atoms with E-state index < -0.39 is 12.2 Å². The van der Waals surface area contributed by atoms with Gasteiger partial charge in [0.2, 0.25) is 0 Å². The zero-order valence-electron chi connectivity index (χ0n) is 15.6. The molecule has 0 saturated heterocycles. The summed E-state index contributed by atoms with van der Waals surface area (Å²) in [6, 6.07) is 23.2. The molecule has 142 valence electrons. The number of benzene rings is 3. The van der Waals surface area contributed by atoms with E-state index in [2.05, 4.69) is 20.1 Å². The lowest BCUT2D eigenvalue weighted by atomic mass is 10.00. The molecule has 3 rings (SSSR count). The van der Waals surface area contributed by atoms with Crippen LogP contribution in [-0.2, 0) is 9.47 Å². The molecule has 0 saturated carbocycles. The van der Waals surface area contributed by atoms with Gasteiger partial charge in [-0.15, -0.1) is 0 Å². The lowest BCUT2D eigenvalue weighted by Crippen LogP contribution is -2.10. The van der Waals surface area contributed by atoms with Gasteiger partial charge in [0.1, 0.15) is 0 Å². The molecule has 0 spiro atoms. The van der Waals surface area contributed by atoms with Crippen molar-refractivity contribution in [2.45, 2.75) is 0 Å². The highest BCUT2D eigenvalue weighted by molar-refractivity contribution is 5.86. The highest BCUT2D eigenvalue weighted by Crippen LogP contribution is 2.26. The Hall–Kier alpha value is -3.80. The summed E-state index contributed by atoms with van der Waals surface area (Å²) in [5.41, 5.74) is 5.56. The number of carbonyl (C=O) groups excluding carboxylic acids is 2. The smallest absolute Gasteiger partial charge is 0.411 e. The Morgan fingerprint density at radius 3 is 1.04 bits per heavy atom. The Kier molecular flexibility index (Phi) is 5.91. The van der Waals surface area contributed by atoms with Crippen LogP contribution < -0.4 is 10.6 Å². The summed E-state index contributed by atoms with van der Waals surface area (Å²) in [5.74, 6) is 0. The number of hydrogen-bond donors (Lipinski definition) is 2. The zero-order chi connectivity index (χ0) is 19.9. The van der Waals surface area contributed by atoms with Gasteiger partial charge < -0.3 is 9.47 Å². The molecule has 2 N–H and O–H groups in total. The van der Waals surface area contributed by atoms with E-state index in [0.29, 0.717) is 11.4 Å². The third-order valence-electron chi connectivity index (χ3n) is 4.18. The highest BCUT2D eigenvalue weighted by atomic mass is 16.5. The summed E-state index contributed by atoms with van der Waals surface area (Å²) in [5, 5.41) is 5.25. The normalized spacial score (nSPS) is 10.1. The van der Waals surface area contributed by atoms with E-state index in [-0.39, 0.29) is 0 Å². The largest absolute Gasteiger partial charge is 0.453 e. The molecule has 28 heavy (non-hydrogen) atoms. The van der Waals surface area contributed by atoms with Gasteiger partial charge in [-0.05, 0) is 46.5 Å². The van der Waals surface area contributed by atoms with Gasteiger partial charge in [-0.2, -0.15) is 0 Å². The van der Waals surface area contributed by atoms with Gasteiger partial charge in [0.15, 0.2) is 0 Å². The average molecular weight is 376 g/mol. The van der Waals surface area contributed by atoms with Crippen LogP contribution >= 0.6 is 0 Å². The molecule has 3 aromatic rings. The molecule has 0 atom stereocenters. The van der Waals surface area contributed by atoms with Crippen LogP contribution in [0.2, 0.25) is 0 Å². The lowest BCUT2D eigenvalue weighted by molar-refractivity contribution is 0.186. The maximum absolute atomic E-state index is 11.2. The molecule has 0 aliphatic rings. The van der Waals surface area contributed by atoms with E-state index in [1.165, 1.54) is 14.2 Å². The second-order valence-electron chi connectivity index (χ2n) is 5.97. The summed E-state index contributed by atoms with van der Waals surface area (Å²) >= 11 is 0. The van der Waals surface area contributed by atoms with Crippen molar-refractivity contribution in [3.8, 4) is 22.3 Å². The van der Waals surface area contributed by atoms with E-state index in [9.17, 15) is 9.59 Å². The third-order valence-corrected chi connectivity index (χ3v) is 4.18. The molecule has 0 aliphatic heterocycles. The maximum atomic E-state index is 11.2. The fraction of sp³-hybridized carbons (Fsp3) is 0.0909. The molecule has 0 radical (unpaired) electrons. The van der Waals surface area contributed by atoms with Crippen LogP contribution in [0.25, 0.3) is 22.3 Å². The van der Waals surface area contributed by atoms with Crippen molar-refractivity contribution in [2.24, 2.45) is 0 Å². The molecule has 0 bridgehead atoms. The second kappa shape index (κ2) is 8.73. The third kappa shape index (κ3) is 4.67. The number of methoxy groups -OCH3 is 2. The minimum absolute atomic E-state index is 0.495. The molecule has 0 fully saturated rings. The average Bonchev–Trinajstić information content (AvgIpc) is 2.75. The molecule has 0 aliphatic carbocycles. The molecular weight excluding hydrogens is 356 g/mol. The lowest BCUT2D eigenvalue weighted by Gasteiger charge is -2.08. The van der Waals surface area contributed by atoms with Crippen molar-refractivity contribution >= 4 is 23.6 Å². The Balaban J connectivity index is 1.71. The molecule has 0 aromatic heterocycles.